The number of carbonyl (C=O) groups is 1. The van der Waals surface area contributed by atoms with E-state index in [1.165, 1.54) is 0 Å². The van der Waals surface area contributed by atoms with Crippen LogP contribution >= 0.6 is 0 Å². The summed E-state index contributed by atoms with van der Waals surface area (Å²) in [6, 6.07) is 0. The summed E-state index contributed by atoms with van der Waals surface area (Å²) in [5.74, 6) is 0. The van der Waals surface area contributed by atoms with Gasteiger partial charge in [-0.15, -0.1) is 0 Å². The molecule has 0 atom stereocenters. The van der Waals surface area contributed by atoms with Gasteiger partial charge in [-0.05, 0) is 6.42 Å². The predicted octanol–water partition coefficient (Wildman–Crippen LogP) is 1.52. The molecule has 1 aliphatic heterocycles. The van der Waals surface area contributed by atoms with Crippen molar-refractivity contribution in [3.05, 3.63) is 11.8 Å². The highest BCUT2D eigenvalue weighted by Crippen LogP contribution is 2.28. The van der Waals surface area contributed by atoms with Crippen LogP contribution in [-0.4, -0.2) is 12.9 Å². The van der Waals surface area contributed by atoms with Crippen LogP contribution in [0.3, 0.4) is 0 Å². The minimum atomic E-state index is 0.130. The molecule has 0 unspecified atom stereocenters. The van der Waals surface area contributed by atoms with Gasteiger partial charge in [0.05, 0.1) is 12.9 Å². The number of carbonyl (C=O) groups excluding carboxylic acids is 1. The monoisotopic (exact) mass is 140 g/mol. The first-order valence-electron chi connectivity index (χ1n) is 3.40. The van der Waals surface area contributed by atoms with Gasteiger partial charge in [0.25, 0.3) is 0 Å². The maximum Gasteiger partial charge on any atom is 0.149 e. The molecular formula is C8H12O2. The SMILES string of the molecule is CC1(C)COC=C(C=O)C1. The fraction of sp³-hybridized carbons (Fsp3) is 0.625. The molecule has 0 aliphatic carbocycles. The minimum Gasteiger partial charge on any atom is -0.500 e. The Kier molecular flexibility index (Phi) is 1.79. The highest BCUT2D eigenvalue weighted by Gasteiger charge is 2.23. The van der Waals surface area contributed by atoms with Gasteiger partial charge in [0.15, 0.2) is 0 Å². The topological polar surface area (TPSA) is 26.3 Å². The molecule has 1 aliphatic rings. The van der Waals surface area contributed by atoms with Crippen molar-refractivity contribution in [2.75, 3.05) is 6.61 Å². The normalized spacial score (nSPS) is 22.8. The van der Waals surface area contributed by atoms with Gasteiger partial charge in [0, 0.05) is 11.0 Å². The quantitative estimate of drug-likeness (QED) is 0.516. The molecule has 2 heteroatoms. The summed E-state index contributed by atoms with van der Waals surface area (Å²) in [6.45, 7) is 4.89. The Bertz CT molecular complexity index is 168. The van der Waals surface area contributed by atoms with Crippen LogP contribution in [-0.2, 0) is 9.53 Å². The van der Waals surface area contributed by atoms with Crippen LogP contribution in [0.25, 0.3) is 0 Å². The minimum absolute atomic E-state index is 0.130. The zero-order chi connectivity index (χ0) is 7.61. The average Bonchev–Trinajstić information content (AvgIpc) is 1.86. The maximum absolute atomic E-state index is 10.3. The first-order chi connectivity index (χ1) is 4.64. The first-order valence-corrected chi connectivity index (χ1v) is 3.40. The summed E-state index contributed by atoms with van der Waals surface area (Å²) in [6.07, 6.45) is 3.25. The number of rotatable bonds is 1. The number of allylic oxidation sites excluding steroid dienone is 1. The number of ether oxygens (including phenoxy) is 1. The Balaban J connectivity index is 2.65. The molecular weight excluding hydrogens is 128 g/mol. The fourth-order valence-electron chi connectivity index (χ4n) is 1.09. The molecule has 0 amide bonds. The molecule has 0 radical (unpaired) electrons. The van der Waals surface area contributed by atoms with Gasteiger partial charge in [-0.25, -0.2) is 0 Å². The maximum atomic E-state index is 10.3. The molecule has 10 heavy (non-hydrogen) atoms. The van der Waals surface area contributed by atoms with E-state index in [2.05, 4.69) is 13.8 Å². The van der Waals surface area contributed by atoms with Crippen LogP contribution in [0.15, 0.2) is 11.8 Å². The van der Waals surface area contributed by atoms with Crippen molar-refractivity contribution < 1.29 is 9.53 Å². The molecule has 0 aromatic carbocycles. The molecule has 0 saturated carbocycles. The summed E-state index contributed by atoms with van der Waals surface area (Å²) in [4.78, 5) is 10.3. The molecule has 0 spiro atoms. The van der Waals surface area contributed by atoms with Crippen molar-refractivity contribution in [2.45, 2.75) is 20.3 Å². The number of aldehydes is 1. The lowest BCUT2D eigenvalue weighted by Gasteiger charge is -2.27. The van der Waals surface area contributed by atoms with Crippen LogP contribution in [0.5, 0.6) is 0 Å². The van der Waals surface area contributed by atoms with E-state index in [0.717, 1.165) is 18.3 Å². The van der Waals surface area contributed by atoms with Gasteiger partial charge in [0.2, 0.25) is 0 Å². The lowest BCUT2D eigenvalue weighted by Crippen LogP contribution is -2.22. The van der Waals surface area contributed by atoms with Gasteiger partial charge in [-0.1, -0.05) is 13.8 Å². The third-order valence-corrected chi connectivity index (χ3v) is 1.54. The highest BCUT2D eigenvalue weighted by atomic mass is 16.5. The van der Waals surface area contributed by atoms with Crippen LogP contribution in [0.4, 0.5) is 0 Å². The Labute approximate surface area is 60.9 Å². The average molecular weight is 140 g/mol. The molecule has 1 rings (SSSR count). The zero-order valence-corrected chi connectivity index (χ0v) is 6.39. The summed E-state index contributed by atoms with van der Waals surface area (Å²) >= 11 is 0. The van der Waals surface area contributed by atoms with E-state index in [4.69, 9.17) is 4.74 Å². The Hall–Kier alpha value is -0.790. The Morgan fingerprint density at radius 2 is 2.40 bits per heavy atom. The molecule has 0 aromatic heterocycles. The second-order valence-corrected chi connectivity index (χ2v) is 3.46. The van der Waals surface area contributed by atoms with E-state index in [1.54, 1.807) is 6.26 Å². The van der Waals surface area contributed by atoms with Crippen LogP contribution < -0.4 is 0 Å². The van der Waals surface area contributed by atoms with Gasteiger partial charge < -0.3 is 4.74 Å². The molecule has 0 saturated heterocycles. The third-order valence-electron chi connectivity index (χ3n) is 1.54. The Morgan fingerprint density at radius 1 is 1.70 bits per heavy atom. The lowest BCUT2D eigenvalue weighted by atomic mass is 9.86. The summed E-state index contributed by atoms with van der Waals surface area (Å²) in [7, 11) is 0. The van der Waals surface area contributed by atoms with Crippen LogP contribution in [0, 0.1) is 5.41 Å². The summed E-state index contributed by atoms with van der Waals surface area (Å²) in [5.41, 5.74) is 0.890. The highest BCUT2D eigenvalue weighted by molar-refractivity contribution is 5.73. The zero-order valence-electron chi connectivity index (χ0n) is 6.39. The van der Waals surface area contributed by atoms with E-state index in [0.29, 0.717) is 6.61 Å². The smallest absolute Gasteiger partial charge is 0.149 e. The third kappa shape index (κ3) is 1.59. The first kappa shape index (κ1) is 7.32. The van der Waals surface area contributed by atoms with E-state index >= 15 is 0 Å². The summed E-state index contributed by atoms with van der Waals surface area (Å²) in [5, 5.41) is 0. The van der Waals surface area contributed by atoms with Crippen molar-refractivity contribution in [3.8, 4) is 0 Å². The molecule has 0 bridgehead atoms. The molecule has 56 valence electrons. The van der Waals surface area contributed by atoms with Crippen LogP contribution in [0.2, 0.25) is 0 Å². The fourth-order valence-corrected chi connectivity index (χ4v) is 1.09. The molecule has 0 fully saturated rings. The van der Waals surface area contributed by atoms with Crippen molar-refractivity contribution >= 4 is 6.29 Å². The van der Waals surface area contributed by atoms with Crippen molar-refractivity contribution in [3.63, 3.8) is 0 Å². The van der Waals surface area contributed by atoms with E-state index in [1.807, 2.05) is 0 Å². The molecule has 1 heterocycles. The van der Waals surface area contributed by atoms with E-state index < -0.39 is 0 Å². The van der Waals surface area contributed by atoms with Gasteiger partial charge in [-0.3, -0.25) is 4.79 Å². The van der Waals surface area contributed by atoms with Crippen LogP contribution in [0.1, 0.15) is 20.3 Å². The standard InChI is InChI=1S/C8H12O2/c1-8(2)3-7(4-9)5-10-6-8/h4-5H,3,6H2,1-2H3. The summed E-state index contributed by atoms with van der Waals surface area (Å²) < 4.78 is 5.09. The second kappa shape index (κ2) is 2.45. The van der Waals surface area contributed by atoms with Crippen molar-refractivity contribution in [1.29, 1.82) is 0 Å². The lowest BCUT2D eigenvalue weighted by molar-refractivity contribution is -0.105. The van der Waals surface area contributed by atoms with Gasteiger partial charge >= 0.3 is 0 Å². The number of hydrogen-bond donors (Lipinski definition) is 0. The van der Waals surface area contributed by atoms with Gasteiger partial charge in [-0.2, -0.15) is 0 Å². The van der Waals surface area contributed by atoms with Gasteiger partial charge in [0.1, 0.15) is 6.29 Å². The van der Waals surface area contributed by atoms with Crippen molar-refractivity contribution in [1.82, 2.24) is 0 Å². The van der Waals surface area contributed by atoms with E-state index in [-0.39, 0.29) is 5.41 Å². The molecule has 0 aromatic rings. The molecule has 2 nitrogen and oxygen atoms in total. The predicted molar refractivity (Wildman–Crippen MR) is 38.5 cm³/mol. The number of hydrogen-bond acceptors (Lipinski definition) is 2. The van der Waals surface area contributed by atoms with E-state index in [9.17, 15) is 4.79 Å². The molecule has 0 N–H and O–H groups in total. The second-order valence-electron chi connectivity index (χ2n) is 3.46. The van der Waals surface area contributed by atoms with Crippen molar-refractivity contribution in [2.24, 2.45) is 5.41 Å². The Morgan fingerprint density at radius 3 is 2.80 bits per heavy atom. The largest absolute Gasteiger partial charge is 0.500 e.